The van der Waals surface area contributed by atoms with Crippen LogP contribution in [0.15, 0.2) is 35.2 Å². The van der Waals surface area contributed by atoms with Gasteiger partial charge in [0.25, 0.3) is 5.91 Å². The molecule has 1 aliphatic heterocycles. The second kappa shape index (κ2) is 7.23. The smallest absolute Gasteiger partial charge is 0.289 e. The van der Waals surface area contributed by atoms with E-state index in [0.717, 1.165) is 30.9 Å². The first-order valence-corrected chi connectivity index (χ1v) is 7.65. The molecule has 122 valence electrons. The quantitative estimate of drug-likeness (QED) is 0.908. The lowest BCUT2D eigenvalue weighted by atomic mass is 10.1. The molecular weight excluding hydrogens is 296 g/mol. The number of carbonyl (C=O) groups is 1. The third kappa shape index (κ3) is 3.87. The number of ether oxygens (including phenoxy) is 1. The Morgan fingerprint density at radius 3 is 3.22 bits per heavy atom. The Kier molecular flexibility index (Phi) is 4.87. The molecule has 7 nitrogen and oxygen atoms in total. The number of likely N-dealkylation sites (tertiary alicyclic amines) is 1. The lowest BCUT2D eigenvalue weighted by molar-refractivity contribution is 0.0682. The zero-order valence-corrected chi connectivity index (χ0v) is 13.1. The minimum absolute atomic E-state index is 0.0655. The fourth-order valence-corrected chi connectivity index (χ4v) is 2.75. The van der Waals surface area contributed by atoms with Gasteiger partial charge < -0.3 is 19.4 Å². The van der Waals surface area contributed by atoms with Gasteiger partial charge in [-0.1, -0.05) is 0 Å². The van der Waals surface area contributed by atoms with Gasteiger partial charge in [0, 0.05) is 32.3 Å². The lowest BCUT2D eigenvalue weighted by Gasteiger charge is -2.33. The summed E-state index contributed by atoms with van der Waals surface area (Å²) in [5.74, 6) is 1.07. The number of amides is 1. The van der Waals surface area contributed by atoms with Crippen LogP contribution in [-0.4, -0.2) is 47.0 Å². The van der Waals surface area contributed by atoms with E-state index < -0.39 is 0 Å². The first-order chi connectivity index (χ1) is 11.3. The number of piperidine rings is 1. The third-order valence-corrected chi connectivity index (χ3v) is 3.81. The van der Waals surface area contributed by atoms with Gasteiger partial charge in [-0.05, 0) is 25.0 Å². The molecule has 0 saturated carbocycles. The normalized spacial score (nSPS) is 18.0. The van der Waals surface area contributed by atoms with Gasteiger partial charge in [-0.15, -0.1) is 0 Å². The molecule has 0 aromatic carbocycles. The molecule has 0 aliphatic carbocycles. The van der Waals surface area contributed by atoms with Crippen LogP contribution < -0.4 is 5.32 Å². The number of aromatic nitrogens is 2. The Hall–Kier alpha value is -2.41. The van der Waals surface area contributed by atoms with Crippen LogP contribution in [0.4, 0.5) is 5.82 Å². The topological polar surface area (TPSA) is 80.5 Å². The van der Waals surface area contributed by atoms with E-state index in [1.165, 1.54) is 12.6 Å². The summed E-state index contributed by atoms with van der Waals surface area (Å²) in [6.45, 7) is 1.82. The van der Waals surface area contributed by atoms with Crippen LogP contribution in [0.1, 0.15) is 29.1 Å². The molecule has 1 fully saturated rings. The summed E-state index contributed by atoms with van der Waals surface area (Å²) in [5, 5.41) is 3.38. The summed E-state index contributed by atoms with van der Waals surface area (Å²) >= 11 is 0. The van der Waals surface area contributed by atoms with Gasteiger partial charge in [-0.2, -0.15) is 0 Å². The van der Waals surface area contributed by atoms with E-state index in [2.05, 4.69) is 15.3 Å². The highest BCUT2D eigenvalue weighted by Crippen LogP contribution is 2.17. The van der Waals surface area contributed by atoms with Crippen molar-refractivity contribution in [3.8, 4) is 0 Å². The molecule has 1 amide bonds. The third-order valence-electron chi connectivity index (χ3n) is 3.81. The largest absolute Gasteiger partial charge is 0.459 e. The van der Waals surface area contributed by atoms with E-state index >= 15 is 0 Å². The zero-order chi connectivity index (χ0) is 16.1. The van der Waals surface area contributed by atoms with Crippen molar-refractivity contribution in [2.45, 2.75) is 25.5 Å². The lowest BCUT2D eigenvalue weighted by Crippen LogP contribution is -2.45. The van der Waals surface area contributed by atoms with Crippen LogP contribution in [0, 0.1) is 0 Å². The van der Waals surface area contributed by atoms with E-state index in [4.69, 9.17) is 9.15 Å². The maximum Gasteiger partial charge on any atom is 0.289 e. The van der Waals surface area contributed by atoms with Gasteiger partial charge in [0.05, 0.1) is 18.6 Å². The van der Waals surface area contributed by atoms with Gasteiger partial charge in [0.1, 0.15) is 12.1 Å². The Morgan fingerprint density at radius 2 is 2.43 bits per heavy atom. The number of furan rings is 1. The number of anilines is 1. The predicted octanol–water partition coefficient (Wildman–Crippen LogP) is 1.93. The molecule has 3 rings (SSSR count). The summed E-state index contributed by atoms with van der Waals surface area (Å²) in [4.78, 5) is 22.6. The average Bonchev–Trinajstić information content (AvgIpc) is 3.09. The fraction of sp³-hybridized carbons (Fsp3) is 0.438. The van der Waals surface area contributed by atoms with Crippen molar-refractivity contribution < 1.29 is 13.9 Å². The minimum atomic E-state index is -0.0655. The molecule has 0 unspecified atom stereocenters. The first-order valence-electron chi connectivity index (χ1n) is 7.65. The molecule has 2 aromatic rings. The predicted molar refractivity (Wildman–Crippen MR) is 84.0 cm³/mol. The number of carbonyl (C=O) groups excluding carboxylic acids is 1. The summed E-state index contributed by atoms with van der Waals surface area (Å²) in [6.07, 6.45) is 4.97. The molecule has 0 radical (unpaired) electrons. The highest BCUT2D eigenvalue weighted by Gasteiger charge is 2.26. The van der Waals surface area contributed by atoms with Gasteiger partial charge in [-0.25, -0.2) is 9.97 Å². The molecule has 2 aromatic heterocycles. The van der Waals surface area contributed by atoms with Crippen molar-refractivity contribution in [1.29, 1.82) is 0 Å². The number of rotatable bonds is 5. The van der Waals surface area contributed by atoms with Crippen molar-refractivity contribution in [2.24, 2.45) is 0 Å². The number of hydrogen-bond donors (Lipinski definition) is 1. The molecule has 3 heterocycles. The van der Waals surface area contributed by atoms with Crippen LogP contribution in [0.3, 0.4) is 0 Å². The number of nitrogens with one attached hydrogen (secondary N) is 1. The minimum Gasteiger partial charge on any atom is -0.459 e. The molecule has 7 heteroatoms. The summed E-state index contributed by atoms with van der Waals surface area (Å²) in [5.41, 5.74) is 0.823. The van der Waals surface area contributed by atoms with E-state index in [-0.39, 0.29) is 11.9 Å². The average molecular weight is 316 g/mol. The summed E-state index contributed by atoms with van der Waals surface area (Å²) in [7, 11) is 1.63. The van der Waals surface area contributed by atoms with Crippen LogP contribution in [0.25, 0.3) is 0 Å². The molecule has 1 N–H and O–H groups in total. The monoisotopic (exact) mass is 316 g/mol. The summed E-state index contributed by atoms with van der Waals surface area (Å²) < 4.78 is 10.3. The van der Waals surface area contributed by atoms with Gasteiger partial charge in [0.2, 0.25) is 0 Å². The van der Waals surface area contributed by atoms with Crippen molar-refractivity contribution in [2.75, 3.05) is 25.5 Å². The number of methoxy groups -OCH3 is 1. The Labute approximate surface area is 134 Å². The highest BCUT2D eigenvalue weighted by molar-refractivity contribution is 5.91. The standard InChI is InChI=1S/C16H20N4O3/c1-22-10-13-8-15(18-11-17-13)19-12-4-2-6-20(9-12)16(21)14-5-3-7-23-14/h3,5,7-8,11-12H,2,4,6,9-10H2,1H3,(H,17,18,19)/t12-/m0/s1. The van der Waals surface area contributed by atoms with E-state index in [9.17, 15) is 4.79 Å². The number of hydrogen-bond acceptors (Lipinski definition) is 6. The second-order valence-electron chi connectivity index (χ2n) is 5.54. The molecule has 1 aliphatic rings. The van der Waals surface area contributed by atoms with Gasteiger partial charge >= 0.3 is 0 Å². The van der Waals surface area contributed by atoms with Crippen molar-refractivity contribution in [1.82, 2.24) is 14.9 Å². The first kappa shape index (κ1) is 15.5. The molecular formula is C16H20N4O3. The molecule has 23 heavy (non-hydrogen) atoms. The second-order valence-corrected chi connectivity index (χ2v) is 5.54. The van der Waals surface area contributed by atoms with Gasteiger partial charge in [-0.3, -0.25) is 4.79 Å². The Balaban J connectivity index is 1.62. The summed E-state index contributed by atoms with van der Waals surface area (Å²) in [6, 6.07) is 5.45. The van der Waals surface area contributed by atoms with Crippen LogP contribution in [-0.2, 0) is 11.3 Å². The maximum absolute atomic E-state index is 12.4. The van der Waals surface area contributed by atoms with Crippen LogP contribution in [0.2, 0.25) is 0 Å². The number of nitrogens with zero attached hydrogens (tertiary/aromatic N) is 3. The Morgan fingerprint density at radius 1 is 1.52 bits per heavy atom. The van der Waals surface area contributed by atoms with Gasteiger partial charge in [0.15, 0.2) is 5.76 Å². The van der Waals surface area contributed by atoms with E-state index in [1.54, 1.807) is 19.2 Å². The molecule has 0 spiro atoms. The van der Waals surface area contributed by atoms with Crippen LogP contribution in [0.5, 0.6) is 0 Å². The molecule has 1 atom stereocenters. The van der Waals surface area contributed by atoms with Crippen LogP contribution >= 0.6 is 0 Å². The molecule has 0 bridgehead atoms. The van der Waals surface area contributed by atoms with Crippen molar-refractivity contribution in [3.63, 3.8) is 0 Å². The Bertz CT molecular complexity index is 645. The van der Waals surface area contributed by atoms with E-state index in [1.807, 2.05) is 11.0 Å². The van der Waals surface area contributed by atoms with Crippen molar-refractivity contribution in [3.05, 3.63) is 42.2 Å². The zero-order valence-electron chi connectivity index (χ0n) is 13.1. The molecule has 1 saturated heterocycles. The van der Waals surface area contributed by atoms with Crippen molar-refractivity contribution >= 4 is 11.7 Å². The SMILES string of the molecule is COCc1cc(N[C@H]2CCCN(C(=O)c3ccco3)C2)ncn1. The van der Waals surface area contributed by atoms with E-state index in [0.29, 0.717) is 18.9 Å². The maximum atomic E-state index is 12.4. The highest BCUT2D eigenvalue weighted by atomic mass is 16.5. The fourth-order valence-electron chi connectivity index (χ4n) is 2.75.